The van der Waals surface area contributed by atoms with Crippen LogP contribution in [0.3, 0.4) is 0 Å². The molecular formula is C15H24N2O2. The second kappa shape index (κ2) is 9.39. The lowest BCUT2D eigenvalue weighted by atomic mass is 10.2. The largest absolute Gasteiger partial charge is 0.494 e. The van der Waals surface area contributed by atoms with Crippen LogP contribution in [-0.2, 0) is 11.3 Å². The highest BCUT2D eigenvalue weighted by atomic mass is 16.5. The third-order valence-electron chi connectivity index (χ3n) is 2.66. The quantitative estimate of drug-likeness (QED) is 0.672. The Morgan fingerprint density at radius 1 is 1.16 bits per heavy atom. The first-order valence-corrected chi connectivity index (χ1v) is 6.95. The van der Waals surface area contributed by atoms with E-state index < -0.39 is 0 Å². The molecule has 4 heteroatoms. The number of amides is 1. The Morgan fingerprint density at radius 3 is 2.53 bits per heavy atom. The van der Waals surface area contributed by atoms with Gasteiger partial charge in [0.25, 0.3) is 0 Å². The van der Waals surface area contributed by atoms with Gasteiger partial charge in [-0.1, -0.05) is 19.1 Å². The maximum Gasteiger partial charge on any atom is 0.221 e. The number of rotatable bonds is 9. The number of hydrogen-bond donors (Lipinski definition) is 2. The fourth-order valence-electron chi connectivity index (χ4n) is 1.66. The Hall–Kier alpha value is -1.55. The van der Waals surface area contributed by atoms with Crippen LogP contribution < -0.4 is 15.4 Å². The van der Waals surface area contributed by atoms with Gasteiger partial charge in [-0.15, -0.1) is 0 Å². The van der Waals surface area contributed by atoms with Gasteiger partial charge in [-0.05, 0) is 31.0 Å². The molecule has 0 saturated carbocycles. The fourth-order valence-corrected chi connectivity index (χ4v) is 1.66. The van der Waals surface area contributed by atoms with Crippen molar-refractivity contribution < 1.29 is 9.53 Å². The van der Waals surface area contributed by atoms with E-state index >= 15 is 0 Å². The molecule has 2 N–H and O–H groups in total. The Kier molecular flexibility index (Phi) is 7.66. The molecule has 0 aliphatic rings. The highest BCUT2D eigenvalue weighted by Gasteiger charge is 1.99. The summed E-state index contributed by atoms with van der Waals surface area (Å²) in [6.07, 6.45) is 1.50. The van der Waals surface area contributed by atoms with E-state index in [-0.39, 0.29) is 5.91 Å². The molecule has 0 aliphatic heterocycles. The highest BCUT2D eigenvalue weighted by Crippen LogP contribution is 2.11. The standard InChI is InChI=1S/C15H24N2O2/c1-3-10-17-15(18)9-11-16-12-13-5-7-14(8-6-13)19-4-2/h5-8,16H,3-4,9-12H2,1-2H3,(H,17,18). The van der Waals surface area contributed by atoms with Gasteiger partial charge in [0.05, 0.1) is 6.61 Å². The second-order valence-electron chi connectivity index (χ2n) is 4.35. The van der Waals surface area contributed by atoms with E-state index in [9.17, 15) is 4.79 Å². The maximum atomic E-state index is 11.4. The molecule has 0 radical (unpaired) electrons. The lowest BCUT2D eigenvalue weighted by Crippen LogP contribution is -2.27. The summed E-state index contributed by atoms with van der Waals surface area (Å²) in [6.45, 7) is 6.93. The minimum atomic E-state index is 0.112. The molecule has 0 unspecified atom stereocenters. The minimum absolute atomic E-state index is 0.112. The van der Waals surface area contributed by atoms with Gasteiger partial charge in [-0.3, -0.25) is 4.79 Å². The van der Waals surface area contributed by atoms with Crippen LogP contribution >= 0.6 is 0 Å². The van der Waals surface area contributed by atoms with E-state index in [0.29, 0.717) is 19.6 Å². The van der Waals surface area contributed by atoms with Gasteiger partial charge in [0.2, 0.25) is 5.91 Å². The molecule has 0 aliphatic carbocycles. The number of hydrogen-bond acceptors (Lipinski definition) is 3. The number of carbonyl (C=O) groups excluding carboxylic acids is 1. The number of benzene rings is 1. The number of nitrogens with one attached hydrogen (secondary N) is 2. The zero-order valence-corrected chi connectivity index (χ0v) is 11.9. The summed E-state index contributed by atoms with van der Waals surface area (Å²) in [7, 11) is 0. The molecule has 0 aromatic heterocycles. The molecule has 0 saturated heterocycles. The fraction of sp³-hybridized carbons (Fsp3) is 0.533. The van der Waals surface area contributed by atoms with Crippen LogP contribution in [-0.4, -0.2) is 25.6 Å². The van der Waals surface area contributed by atoms with Crippen LogP contribution in [0.4, 0.5) is 0 Å². The van der Waals surface area contributed by atoms with Crippen LogP contribution in [0.15, 0.2) is 24.3 Å². The third kappa shape index (κ3) is 6.82. The molecule has 1 amide bonds. The summed E-state index contributed by atoms with van der Waals surface area (Å²) in [6, 6.07) is 8.01. The third-order valence-corrected chi connectivity index (χ3v) is 2.66. The van der Waals surface area contributed by atoms with Crippen molar-refractivity contribution in [3.05, 3.63) is 29.8 Å². The normalized spacial score (nSPS) is 10.2. The van der Waals surface area contributed by atoms with E-state index in [1.165, 1.54) is 5.56 Å². The summed E-state index contributed by atoms with van der Waals surface area (Å²) in [4.78, 5) is 11.4. The molecule has 106 valence electrons. The van der Waals surface area contributed by atoms with Gasteiger partial charge >= 0.3 is 0 Å². The molecule has 0 heterocycles. The lowest BCUT2D eigenvalue weighted by Gasteiger charge is -2.07. The molecular weight excluding hydrogens is 240 g/mol. The van der Waals surface area contributed by atoms with E-state index in [1.807, 2.05) is 38.1 Å². The van der Waals surface area contributed by atoms with Crippen LogP contribution in [0, 0.1) is 0 Å². The second-order valence-corrected chi connectivity index (χ2v) is 4.35. The van der Waals surface area contributed by atoms with Crippen molar-refractivity contribution in [2.75, 3.05) is 19.7 Å². The van der Waals surface area contributed by atoms with Crippen molar-refractivity contribution in [3.63, 3.8) is 0 Å². The minimum Gasteiger partial charge on any atom is -0.494 e. The van der Waals surface area contributed by atoms with Crippen LogP contribution in [0.5, 0.6) is 5.75 Å². The van der Waals surface area contributed by atoms with Crippen molar-refractivity contribution in [3.8, 4) is 5.75 Å². The molecule has 1 aromatic carbocycles. The Labute approximate surface area is 115 Å². The monoisotopic (exact) mass is 264 g/mol. The van der Waals surface area contributed by atoms with Crippen molar-refractivity contribution in [1.82, 2.24) is 10.6 Å². The van der Waals surface area contributed by atoms with Gasteiger partial charge in [0, 0.05) is 26.1 Å². The molecule has 1 rings (SSSR count). The topological polar surface area (TPSA) is 50.4 Å². The summed E-state index contributed by atoms with van der Waals surface area (Å²) in [5, 5.41) is 6.12. The van der Waals surface area contributed by atoms with E-state index in [1.54, 1.807) is 0 Å². The average molecular weight is 264 g/mol. The molecule has 0 spiro atoms. The first-order valence-electron chi connectivity index (χ1n) is 6.95. The van der Waals surface area contributed by atoms with Gasteiger partial charge in [0.15, 0.2) is 0 Å². The SMILES string of the molecule is CCCNC(=O)CCNCc1ccc(OCC)cc1. The molecule has 0 bridgehead atoms. The van der Waals surface area contributed by atoms with Crippen LogP contribution in [0.1, 0.15) is 32.3 Å². The Morgan fingerprint density at radius 2 is 1.89 bits per heavy atom. The zero-order valence-electron chi connectivity index (χ0n) is 11.9. The molecule has 19 heavy (non-hydrogen) atoms. The first kappa shape index (κ1) is 15.5. The van der Waals surface area contributed by atoms with Crippen molar-refractivity contribution in [1.29, 1.82) is 0 Å². The predicted octanol–water partition coefficient (Wildman–Crippen LogP) is 2.09. The highest BCUT2D eigenvalue weighted by molar-refractivity contribution is 5.75. The Bertz CT molecular complexity index is 363. The molecule has 4 nitrogen and oxygen atoms in total. The maximum absolute atomic E-state index is 11.4. The molecule has 1 aromatic rings. The van der Waals surface area contributed by atoms with Gasteiger partial charge in [0.1, 0.15) is 5.75 Å². The average Bonchev–Trinajstić information content (AvgIpc) is 2.43. The van der Waals surface area contributed by atoms with Crippen LogP contribution in [0.25, 0.3) is 0 Å². The Balaban J connectivity index is 2.16. The molecule has 0 fully saturated rings. The van der Waals surface area contributed by atoms with Crippen molar-refractivity contribution in [2.45, 2.75) is 33.2 Å². The van der Waals surface area contributed by atoms with E-state index in [2.05, 4.69) is 10.6 Å². The predicted molar refractivity (Wildman–Crippen MR) is 77.2 cm³/mol. The zero-order chi connectivity index (χ0) is 13.9. The van der Waals surface area contributed by atoms with Gasteiger partial charge in [-0.2, -0.15) is 0 Å². The first-order chi connectivity index (χ1) is 9.26. The van der Waals surface area contributed by atoms with Crippen molar-refractivity contribution >= 4 is 5.91 Å². The van der Waals surface area contributed by atoms with Crippen LogP contribution in [0.2, 0.25) is 0 Å². The lowest BCUT2D eigenvalue weighted by molar-refractivity contribution is -0.120. The summed E-state index contributed by atoms with van der Waals surface area (Å²) < 4.78 is 5.38. The van der Waals surface area contributed by atoms with Gasteiger partial charge in [-0.25, -0.2) is 0 Å². The number of carbonyl (C=O) groups is 1. The summed E-state index contributed by atoms with van der Waals surface area (Å²) >= 11 is 0. The van der Waals surface area contributed by atoms with E-state index in [0.717, 1.165) is 25.3 Å². The molecule has 0 atom stereocenters. The summed E-state index contributed by atoms with van der Waals surface area (Å²) in [5.41, 5.74) is 1.19. The smallest absolute Gasteiger partial charge is 0.221 e. The van der Waals surface area contributed by atoms with E-state index in [4.69, 9.17) is 4.74 Å². The van der Waals surface area contributed by atoms with Gasteiger partial charge < -0.3 is 15.4 Å². The van der Waals surface area contributed by atoms with Crippen molar-refractivity contribution in [2.24, 2.45) is 0 Å². The number of ether oxygens (including phenoxy) is 1. The summed E-state index contributed by atoms with van der Waals surface area (Å²) in [5.74, 6) is 1.01.